The third kappa shape index (κ3) is 19.9. The van der Waals surface area contributed by atoms with E-state index < -0.39 is 85.8 Å². The smallest absolute Gasteiger partial charge is 0.445 e. The molecule has 0 unspecified atom stereocenters. The van der Waals surface area contributed by atoms with E-state index in [0.29, 0.717) is 0 Å². The van der Waals surface area contributed by atoms with E-state index in [2.05, 4.69) is 98.2 Å². The van der Waals surface area contributed by atoms with Gasteiger partial charge in [0.15, 0.2) is 0 Å². The van der Waals surface area contributed by atoms with Gasteiger partial charge in [0.2, 0.25) is 0 Å². The van der Waals surface area contributed by atoms with Crippen LogP contribution < -0.4 is 0 Å². The van der Waals surface area contributed by atoms with Gasteiger partial charge in [-0.2, -0.15) is 0 Å². The van der Waals surface area contributed by atoms with Gasteiger partial charge >= 0.3 is 35.2 Å². The molecular formula is C15H52O6Si10. The Morgan fingerprint density at radius 1 is 0.387 bits per heavy atom. The predicted octanol–water partition coefficient (Wildman–Crippen LogP) is 2.66. The highest BCUT2D eigenvalue weighted by Gasteiger charge is 2.42. The summed E-state index contributed by atoms with van der Waals surface area (Å²) in [6.45, 7) is 34.3. The van der Waals surface area contributed by atoms with Crippen molar-refractivity contribution in [3.05, 3.63) is 0 Å². The summed E-state index contributed by atoms with van der Waals surface area (Å²) in [7, 11) is -14.6. The van der Waals surface area contributed by atoms with Gasteiger partial charge in [-0.1, -0.05) is 58.9 Å². The van der Waals surface area contributed by atoms with Crippen molar-refractivity contribution in [3.63, 3.8) is 0 Å². The molecule has 0 N–H and O–H groups in total. The minimum Gasteiger partial charge on any atom is -0.445 e. The number of hydrogen-bond acceptors (Lipinski definition) is 6. The molecule has 0 aromatic rings. The average Bonchev–Trinajstić information content (AvgIpc) is 2.46. The average molecular weight is 609 g/mol. The van der Waals surface area contributed by atoms with E-state index in [1.54, 1.807) is 0 Å². The first-order valence-electron chi connectivity index (χ1n) is 11.4. The lowest BCUT2D eigenvalue weighted by molar-refractivity contribution is 0.233. The van der Waals surface area contributed by atoms with E-state index in [4.69, 9.17) is 24.7 Å². The van der Waals surface area contributed by atoms with Crippen LogP contribution in [0.3, 0.4) is 0 Å². The van der Waals surface area contributed by atoms with E-state index in [1.165, 1.54) is 0 Å². The summed E-state index contributed by atoms with van der Waals surface area (Å²) in [5.74, 6) is 0. The van der Waals surface area contributed by atoms with Crippen LogP contribution in [0.25, 0.3) is 0 Å². The van der Waals surface area contributed by atoms with Crippen molar-refractivity contribution in [1.82, 2.24) is 0 Å². The SMILES string of the molecule is C[Si](C)(O[SiH2][Si](C)(C)C)O[SiH](O[Si](C)(C)O[SiH2][Si](C)(C)C)O[Si](C)(C)O[SiH2][Si](C)(C)C. The van der Waals surface area contributed by atoms with Gasteiger partial charge in [0.05, 0.1) is 22.8 Å². The lowest BCUT2D eigenvalue weighted by atomic mass is 11.8. The Bertz CT molecular complexity index is 466. The van der Waals surface area contributed by atoms with Crippen molar-refractivity contribution in [3.8, 4) is 0 Å². The maximum Gasteiger partial charge on any atom is 0.457 e. The van der Waals surface area contributed by atoms with Crippen LogP contribution in [0.2, 0.25) is 98.2 Å². The summed E-state index contributed by atoms with van der Waals surface area (Å²) in [5.41, 5.74) is 0. The molecule has 0 aliphatic rings. The zero-order chi connectivity index (χ0) is 24.9. The van der Waals surface area contributed by atoms with E-state index >= 15 is 0 Å². The van der Waals surface area contributed by atoms with Gasteiger partial charge in [-0.25, -0.2) is 0 Å². The lowest BCUT2D eigenvalue weighted by Gasteiger charge is -2.38. The fraction of sp³-hybridized carbons (Fsp3) is 1.00. The van der Waals surface area contributed by atoms with E-state index in [1.807, 2.05) is 0 Å². The molecule has 188 valence electrons. The third-order valence-corrected chi connectivity index (χ3v) is 37.2. The second-order valence-corrected chi connectivity index (χ2v) is 66.6. The van der Waals surface area contributed by atoms with Crippen molar-refractivity contribution in [2.24, 2.45) is 0 Å². The van der Waals surface area contributed by atoms with Crippen molar-refractivity contribution >= 4 is 85.8 Å². The summed E-state index contributed by atoms with van der Waals surface area (Å²) in [5, 5.41) is 0. The second kappa shape index (κ2) is 12.3. The van der Waals surface area contributed by atoms with Gasteiger partial charge in [0, 0.05) is 0 Å². The molecule has 0 saturated carbocycles. The molecule has 31 heavy (non-hydrogen) atoms. The molecule has 6 nitrogen and oxygen atoms in total. The Balaban J connectivity index is 5.40. The molecule has 0 bridgehead atoms. The molecular weight excluding hydrogens is 557 g/mol. The van der Waals surface area contributed by atoms with Crippen molar-refractivity contribution in [1.29, 1.82) is 0 Å². The van der Waals surface area contributed by atoms with Crippen LogP contribution in [-0.4, -0.2) is 85.8 Å². The zero-order valence-corrected chi connectivity index (χ0v) is 34.5. The molecule has 0 amide bonds. The van der Waals surface area contributed by atoms with Gasteiger partial charge in [0.1, 0.15) is 27.8 Å². The summed E-state index contributed by atoms with van der Waals surface area (Å²) in [4.78, 5) is 0. The highest BCUT2D eigenvalue weighted by Crippen LogP contribution is 2.20. The Morgan fingerprint density at radius 3 is 0.742 bits per heavy atom. The summed E-state index contributed by atoms with van der Waals surface area (Å²) in [6.07, 6.45) is 0. The molecule has 0 aliphatic carbocycles. The quantitative estimate of drug-likeness (QED) is 0.267. The minimum atomic E-state index is -2.44. The maximum absolute atomic E-state index is 6.60. The topological polar surface area (TPSA) is 55.4 Å². The van der Waals surface area contributed by atoms with Gasteiger partial charge in [0.25, 0.3) is 0 Å². The molecule has 0 aromatic heterocycles. The molecule has 0 rings (SSSR count). The zero-order valence-electron chi connectivity index (χ0n) is 23.1. The Morgan fingerprint density at radius 2 is 0.581 bits per heavy atom. The second-order valence-electron chi connectivity index (χ2n) is 13.4. The molecule has 0 saturated heterocycles. The molecule has 0 spiro atoms. The number of hydrogen-bond donors (Lipinski definition) is 0. The monoisotopic (exact) mass is 608 g/mol. The van der Waals surface area contributed by atoms with Crippen LogP contribution in [-0.2, 0) is 24.7 Å². The van der Waals surface area contributed by atoms with E-state index in [0.717, 1.165) is 0 Å². The Kier molecular flexibility index (Phi) is 13.0. The fourth-order valence-corrected chi connectivity index (χ4v) is 42.6. The van der Waals surface area contributed by atoms with Crippen LogP contribution in [0.15, 0.2) is 0 Å². The molecule has 0 atom stereocenters. The highest BCUT2D eigenvalue weighted by atomic mass is 29.2. The lowest BCUT2D eigenvalue weighted by Crippen LogP contribution is -2.57. The molecule has 16 heteroatoms. The standard InChI is InChI=1S/C15H52O6Si10/c1-26(2,3)22-16-29(10,11)19-25(20-30(12,13)17-23-27(4,5)6)21-31(14,15)18-24-28(7,8)9/h25H,22-24H2,1-15H3. The van der Waals surface area contributed by atoms with Gasteiger partial charge < -0.3 is 24.7 Å². The molecule has 0 aromatic carbocycles. The molecule has 0 aliphatic heterocycles. The third-order valence-electron chi connectivity index (χ3n) is 3.70. The van der Waals surface area contributed by atoms with Crippen molar-refractivity contribution in [2.75, 3.05) is 0 Å². The first-order valence-corrected chi connectivity index (χ1v) is 40.4. The predicted molar refractivity (Wildman–Crippen MR) is 162 cm³/mol. The van der Waals surface area contributed by atoms with Crippen LogP contribution in [0.5, 0.6) is 0 Å². The van der Waals surface area contributed by atoms with Crippen LogP contribution in [0.4, 0.5) is 0 Å². The van der Waals surface area contributed by atoms with Crippen LogP contribution >= 0.6 is 0 Å². The van der Waals surface area contributed by atoms with Gasteiger partial charge in [-0.05, 0) is 39.3 Å². The minimum absolute atomic E-state index is 0.566. The molecule has 0 heterocycles. The Hall–Kier alpha value is 1.93. The summed E-state index contributed by atoms with van der Waals surface area (Å²) in [6, 6.07) is 0. The summed E-state index contributed by atoms with van der Waals surface area (Å²) < 4.78 is 39.2. The van der Waals surface area contributed by atoms with Crippen LogP contribution in [0, 0.1) is 0 Å². The van der Waals surface area contributed by atoms with E-state index in [-0.39, 0.29) is 0 Å². The molecule has 0 radical (unpaired) electrons. The van der Waals surface area contributed by atoms with Gasteiger partial charge in [-0.15, -0.1) is 0 Å². The number of rotatable bonds is 15. The van der Waals surface area contributed by atoms with Crippen molar-refractivity contribution < 1.29 is 24.7 Å². The molecule has 0 fully saturated rings. The van der Waals surface area contributed by atoms with Crippen molar-refractivity contribution in [2.45, 2.75) is 98.2 Å². The van der Waals surface area contributed by atoms with Crippen LogP contribution in [0.1, 0.15) is 0 Å². The maximum atomic E-state index is 6.60. The Labute approximate surface area is 207 Å². The normalized spacial score (nSPS) is 17.1. The summed E-state index contributed by atoms with van der Waals surface area (Å²) >= 11 is 0. The van der Waals surface area contributed by atoms with Gasteiger partial charge in [-0.3, -0.25) is 0 Å². The first kappa shape index (κ1) is 32.9. The van der Waals surface area contributed by atoms with E-state index in [9.17, 15) is 0 Å². The fourth-order valence-electron chi connectivity index (χ4n) is 2.04. The highest BCUT2D eigenvalue weighted by molar-refractivity contribution is 7.23. The first-order chi connectivity index (χ1) is 13.4. The largest absolute Gasteiger partial charge is 0.457 e.